The van der Waals surface area contributed by atoms with E-state index in [2.05, 4.69) is 0 Å². The zero-order chi connectivity index (χ0) is 12.3. The summed E-state index contributed by atoms with van der Waals surface area (Å²) in [5, 5.41) is 9.71. The third-order valence-electron chi connectivity index (χ3n) is 3.09. The molecule has 0 spiro atoms. The minimum atomic E-state index is -0.353. The molecule has 0 aliphatic heterocycles. The highest BCUT2D eigenvalue weighted by Crippen LogP contribution is 2.39. The van der Waals surface area contributed by atoms with Crippen LogP contribution < -0.4 is 9.47 Å². The Hall–Kier alpha value is -1.48. The van der Waals surface area contributed by atoms with E-state index >= 15 is 0 Å². The van der Waals surface area contributed by atoms with Gasteiger partial charge in [0.05, 0.1) is 25.9 Å². The third-order valence-corrected chi connectivity index (χ3v) is 3.09. The van der Waals surface area contributed by atoms with Gasteiger partial charge in [0.1, 0.15) is 11.5 Å². The van der Waals surface area contributed by atoms with Gasteiger partial charge in [-0.05, 0) is 37.0 Å². The molecule has 1 aliphatic rings. The Morgan fingerprint density at radius 3 is 2.35 bits per heavy atom. The lowest BCUT2D eigenvalue weighted by Gasteiger charge is -2.20. The van der Waals surface area contributed by atoms with Gasteiger partial charge in [0.2, 0.25) is 0 Å². The molecule has 1 N–H and O–H groups in total. The molecule has 2 rings (SSSR count). The smallest absolute Gasteiger partial charge is 0.130 e. The number of hydrogen-bond acceptors (Lipinski definition) is 3. The van der Waals surface area contributed by atoms with Crippen LogP contribution in [0, 0.1) is 0 Å². The number of ether oxygens (including phenoxy) is 2. The molecule has 0 amide bonds. The average Bonchev–Trinajstić information content (AvgIpc) is 2.37. The molecule has 3 heteroatoms. The number of methoxy groups -OCH3 is 2. The molecule has 0 bridgehead atoms. The van der Waals surface area contributed by atoms with Crippen molar-refractivity contribution in [1.82, 2.24) is 0 Å². The molecule has 0 heterocycles. The van der Waals surface area contributed by atoms with Crippen molar-refractivity contribution in [2.24, 2.45) is 0 Å². The summed E-state index contributed by atoms with van der Waals surface area (Å²) < 4.78 is 10.7. The van der Waals surface area contributed by atoms with Gasteiger partial charge in [-0.1, -0.05) is 12.1 Å². The van der Waals surface area contributed by atoms with Crippen molar-refractivity contribution in [3.63, 3.8) is 0 Å². The summed E-state index contributed by atoms with van der Waals surface area (Å²) in [6.45, 7) is 0. The van der Waals surface area contributed by atoms with Gasteiger partial charge in [0.15, 0.2) is 0 Å². The first-order valence-corrected chi connectivity index (χ1v) is 5.86. The lowest BCUT2D eigenvalue weighted by atomic mass is 9.91. The van der Waals surface area contributed by atoms with Crippen LogP contribution in [0.1, 0.15) is 24.8 Å². The highest BCUT2D eigenvalue weighted by Gasteiger charge is 2.18. The number of aliphatic hydroxyl groups excluding tert-OH is 1. The molecule has 3 nitrogen and oxygen atoms in total. The Bertz CT molecular complexity index is 401. The van der Waals surface area contributed by atoms with Crippen LogP contribution in [0.5, 0.6) is 11.5 Å². The third kappa shape index (κ3) is 2.44. The second-order valence-electron chi connectivity index (χ2n) is 4.19. The Kier molecular flexibility index (Phi) is 3.69. The zero-order valence-electron chi connectivity index (χ0n) is 10.3. The molecule has 0 saturated carbocycles. The van der Waals surface area contributed by atoms with E-state index < -0.39 is 0 Å². The molecular formula is C14H18O3. The number of aliphatic hydroxyl groups is 1. The van der Waals surface area contributed by atoms with Gasteiger partial charge in [-0.15, -0.1) is 0 Å². The predicted molar refractivity (Wildman–Crippen MR) is 67.4 cm³/mol. The maximum Gasteiger partial charge on any atom is 0.130 e. The largest absolute Gasteiger partial charge is 0.496 e. The van der Waals surface area contributed by atoms with Crippen molar-refractivity contribution in [2.45, 2.75) is 25.4 Å². The first-order chi connectivity index (χ1) is 8.26. The van der Waals surface area contributed by atoms with E-state index in [0.29, 0.717) is 0 Å². The summed E-state index contributed by atoms with van der Waals surface area (Å²) in [5.41, 5.74) is 2.08. The van der Waals surface area contributed by atoms with Gasteiger partial charge in [-0.25, -0.2) is 0 Å². The minimum Gasteiger partial charge on any atom is -0.496 e. The van der Waals surface area contributed by atoms with Crippen molar-refractivity contribution in [1.29, 1.82) is 0 Å². The molecule has 1 aromatic carbocycles. The van der Waals surface area contributed by atoms with Crippen molar-refractivity contribution in [2.75, 3.05) is 14.2 Å². The molecule has 1 atom stereocenters. The zero-order valence-corrected chi connectivity index (χ0v) is 10.3. The fourth-order valence-corrected chi connectivity index (χ4v) is 2.28. The van der Waals surface area contributed by atoms with Crippen LogP contribution in [-0.4, -0.2) is 25.4 Å². The van der Waals surface area contributed by atoms with Crippen molar-refractivity contribution < 1.29 is 14.6 Å². The number of hydrogen-bond donors (Lipinski definition) is 1. The number of allylic oxidation sites excluding steroid dienone is 1. The Labute approximate surface area is 102 Å². The van der Waals surface area contributed by atoms with E-state index in [1.54, 1.807) is 14.2 Å². The molecule has 0 saturated heterocycles. The summed E-state index contributed by atoms with van der Waals surface area (Å²) >= 11 is 0. The van der Waals surface area contributed by atoms with Crippen LogP contribution in [0.15, 0.2) is 24.3 Å². The molecule has 1 aliphatic carbocycles. The number of benzene rings is 1. The molecule has 17 heavy (non-hydrogen) atoms. The van der Waals surface area contributed by atoms with Crippen molar-refractivity contribution in [3.05, 3.63) is 29.8 Å². The minimum absolute atomic E-state index is 0.353. The van der Waals surface area contributed by atoms with Gasteiger partial charge < -0.3 is 14.6 Å². The van der Waals surface area contributed by atoms with Crippen LogP contribution in [0.25, 0.3) is 5.57 Å². The molecule has 92 valence electrons. The molecule has 1 unspecified atom stereocenters. The van der Waals surface area contributed by atoms with E-state index in [-0.39, 0.29) is 6.10 Å². The van der Waals surface area contributed by atoms with E-state index in [0.717, 1.165) is 41.9 Å². The summed E-state index contributed by atoms with van der Waals surface area (Å²) in [5.74, 6) is 1.59. The van der Waals surface area contributed by atoms with E-state index in [4.69, 9.17) is 9.47 Å². The van der Waals surface area contributed by atoms with Gasteiger partial charge in [0, 0.05) is 0 Å². The standard InChI is InChI=1S/C14H18O3/c1-16-12-7-4-8-13(17-2)14(12)10-5-3-6-11(15)9-10/h4,7-9,11,15H,3,5-6H2,1-2H3. The average molecular weight is 234 g/mol. The predicted octanol–water partition coefficient (Wildman–Crippen LogP) is 2.63. The summed E-state index contributed by atoms with van der Waals surface area (Å²) in [6.07, 6.45) is 4.33. The van der Waals surface area contributed by atoms with Crippen LogP contribution in [0.2, 0.25) is 0 Å². The Morgan fingerprint density at radius 2 is 1.82 bits per heavy atom. The van der Waals surface area contributed by atoms with Crippen molar-refractivity contribution >= 4 is 5.57 Å². The SMILES string of the molecule is COc1cccc(OC)c1C1=CC(O)CCC1. The molecule has 0 fully saturated rings. The van der Waals surface area contributed by atoms with Crippen LogP contribution >= 0.6 is 0 Å². The molecular weight excluding hydrogens is 216 g/mol. The second-order valence-corrected chi connectivity index (χ2v) is 4.19. The topological polar surface area (TPSA) is 38.7 Å². The van der Waals surface area contributed by atoms with Gasteiger partial charge in [0.25, 0.3) is 0 Å². The highest BCUT2D eigenvalue weighted by molar-refractivity contribution is 5.76. The van der Waals surface area contributed by atoms with Gasteiger partial charge in [-0.2, -0.15) is 0 Å². The second kappa shape index (κ2) is 5.23. The van der Waals surface area contributed by atoms with Gasteiger partial charge >= 0.3 is 0 Å². The molecule has 0 aromatic heterocycles. The number of rotatable bonds is 3. The van der Waals surface area contributed by atoms with Crippen LogP contribution in [0.4, 0.5) is 0 Å². The fourth-order valence-electron chi connectivity index (χ4n) is 2.28. The fraction of sp³-hybridized carbons (Fsp3) is 0.429. The Morgan fingerprint density at radius 1 is 1.18 bits per heavy atom. The maximum absolute atomic E-state index is 9.71. The first-order valence-electron chi connectivity index (χ1n) is 5.86. The Balaban J connectivity index is 2.48. The quantitative estimate of drug-likeness (QED) is 0.873. The summed E-state index contributed by atoms with van der Waals surface area (Å²) in [4.78, 5) is 0. The van der Waals surface area contributed by atoms with E-state index in [9.17, 15) is 5.11 Å². The maximum atomic E-state index is 9.71. The van der Waals surface area contributed by atoms with Crippen LogP contribution in [-0.2, 0) is 0 Å². The monoisotopic (exact) mass is 234 g/mol. The van der Waals surface area contributed by atoms with Crippen molar-refractivity contribution in [3.8, 4) is 11.5 Å². The molecule has 0 radical (unpaired) electrons. The lowest BCUT2D eigenvalue weighted by molar-refractivity contribution is 0.206. The molecule has 1 aromatic rings. The van der Waals surface area contributed by atoms with Gasteiger partial charge in [-0.3, -0.25) is 0 Å². The first kappa shape index (κ1) is 12.0. The van der Waals surface area contributed by atoms with E-state index in [1.807, 2.05) is 24.3 Å². The van der Waals surface area contributed by atoms with Crippen LogP contribution in [0.3, 0.4) is 0 Å². The summed E-state index contributed by atoms with van der Waals surface area (Å²) in [6, 6.07) is 5.74. The normalized spacial score (nSPS) is 19.7. The lowest BCUT2D eigenvalue weighted by Crippen LogP contribution is -2.09. The highest BCUT2D eigenvalue weighted by atomic mass is 16.5. The van der Waals surface area contributed by atoms with E-state index in [1.165, 1.54) is 0 Å². The summed E-state index contributed by atoms with van der Waals surface area (Å²) in [7, 11) is 3.30.